The Morgan fingerprint density at radius 2 is 1.95 bits per heavy atom. The van der Waals surface area contributed by atoms with Crippen LogP contribution in [-0.2, 0) is 22.4 Å². The van der Waals surface area contributed by atoms with E-state index in [-0.39, 0.29) is 12.5 Å². The van der Waals surface area contributed by atoms with Gasteiger partial charge < -0.3 is 14.8 Å². The minimum atomic E-state index is -0.0756. The van der Waals surface area contributed by atoms with E-state index in [2.05, 4.69) is 17.4 Å². The van der Waals surface area contributed by atoms with Crippen molar-refractivity contribution < 1.29 is 14.3 Å². The van der Waals surface area contributed by atoms with Gasteiger partial charge >= 0.3 is 0 Å². The number of benzene rings is 1. The Bertz CT molecular complexity index is 499. The molecule has 0 unspecified atom stereocenters. The van der Waals surface area contributed by atoms with E-state index < -0.39 is 0 Å². The van der Waals surface area contributed by atoms with Gasteiger partial charge in [-0.15, -0.1) is 0 Å². The topological polar surface area (TPSA) is 55.4 Å². The Labute approximate surface area is 132 Å². The summed E-state index contributed by atoms with van der Waals surface area (Å²) in [4.78, 5) is 21.9. The maximum absolute atomic E-state index is 11.7. The number of carbonyl (C=O) groups is 2. The highest BCUT2D eigenvalue weighted by Crippen LogP contribution is 2.25. The molecule has 2 rings (SSSR count). The van der Waals surface area contributed by atoms with E-state index in [1.165, 1.54) is 17.5 Å². The summed E-state index contributed by atoms with van der Waals surface area (Å²) < 4.78 is 5.55. The van der Waals surface area contributed by atoms with Crippen molar-refractivity contribution in [3.8, 4) is 5.75 Å². The summed E-state index contributed by atoms with van der Waals surface area (Å²) in [6.07, 6.45) is 9.05. The number of amides is 1. The van der Waals surface area contributed by atoms with Crippen LogP contribution in [0.3, 0.4) is 0 Å². The van der Waals surface area contributed by atoms with Crippen LogP contribution in [0.15, 0.2) is 18.2 Å². The summed E-state index contributed by atoms with van der Waals surface area (Å²) in [6.45, 7) is 0.747. The third kappa shape index (κ3) is 5.51. The number of aldehydes is 1. The van der Waals surface area contributed by atoms with Gasteiger partial charge in [-0.3, -0.25) is 4.79 Å². The summed E-state index contributed by atoms with van der Waals surface area (Å²) in [5.74, 6) is 0.707. The first-order valence-corrected chi connectivity index (χ1v) is 8.24. The third-order valence-electron chi connectivity index (χ3n) is 4.01. The molecule has 0 atom stereocenters. The summed E-state index contributed by atoms with van der Waals surface area (Å²) in [5.41, 5.74) is 2.76. The van der Waals surface area contributed by atoms with Crippen LogP contribution < -0.4 is 10.1 Å². The molecule has 120 valence electrons. The lowest BCUT2D eigenvalue weighted by Crippen LogP contribution is -2.29. The van der Waals surface area contributed by atoms with Gasteiger partial charge in [-0.25, -0.2) is 0 Å². The van der Waals surface area contributed by atoms with Gasteiger partial charge in [0, 0.05) is 13.0 Å². The van der Waals surface area contributed by atoms with Crippen LogP contribution in [0.1, 0.15) is 49.7 Å². The number of rotatable bonds is 10. The number of unbranched alkanes of at least 4 members (excludes halogenated alkanes) is 4. The molecule has 0 radical (unpaired) electrons. The van der Waals surface area contributed by atoms with Crippen LogP contribution >= 0.6 is 0 Å². The smallest absolute Gasteiger partial charge is 0.257 e. The van der Waals surface area contributed by atoms with Gasteiger partial charge in [0.15, 0.2) is 6.61 Å². The molecule has 0 spiro atoms. The van der Waals surface area contributed by atoms with Crippen molar-refractivity contribution in [3.63, 3.8) is 0 Å². The molecular formula is C18H25NO3. The van der Waals surface area contributed by atoms with Crippen molar-refractivity contribution >= 4 is 12.2 Å². The molecule has 22 heavy (non-hydrogen) atoms. The van der Waals surface area contributed by atoms with Crippen molar-refractivity contribution in [1.29, 1.82) is 0 Å². The van der Waals surface area contributed by atoms with Gasteiger partial charge in [0.1, 0.15) is 12.0 Å². The molecule has 1 aromatic rings. The number of hydrogen-bond acceptors (Lipinski definition) is 3. The standard InChI is InChI=1S/C18H25NO3/c20-12-5-3-1-2-4-11-19-18(21)14-22-17-10-9-15-7-6-8-16(15)13-17/h9-10,12-13H,1-8,11,14H2,(H,19,21). The van der Waals surface area contributed by atoms with Crippen LogP contribution in [0.4, 0.5) is 0 Å². The minimum absolute atomic E-state index is 0.0733. The lowest BCUT2D eigenvalue weighted by Gasteiger charge is -2.09. The quantitative estimate of drug-likeness (QED) is 0.534. The lowest BCUT2D eigenvalue weighted by molar-refractivity contribution is -0.123. The van der Waals surface area contributed by atoms with Crippen LogP contribution in [0.2, 0.25) is 0 Å². The first kappa shape index (κ1) is 16.5. The maximum atomic E-state index is 11.7. The van der Waals surface area contributed by atoms with E-state index in [1.807, 2.05) is 6.07 Å². The van der Waals surface area contributed by atoms with Gasteiger partial charge in [-0.05, 0) is 55.4 Å². The second-order valence-corrected chi connectivity index (χ2v) is 5.79. The highest BCUT2D eigenvalue weighted by molar-refractivity contribution is 5.77. The Kier molecular flexibility index (Phi) is 6.94. The first-order chi connectivity index (χ1) is 10.8. The number of aryl methyl sites for hydroxylation is 2. The predicted molar refractivity (Wildman–Crippen MR) is 86.1 cm³/mol. The predicted octanol–water partition coefficient (Wildman–Crippen LogP) is 2.82. The zero-order chi connectivity index (χ0) is 15.6. The highest BCUT2D eigenvalue weighted by Gasteiger charge is 2.11. The van der Waals surface area contributed by atoms with E-state index in [4.69, 9.17) is 4.74 Å². The SMILES string of the molecule is O=CCCCCCCNC(=O)COc1ccc2c(c1)CCC2. The molecule has 1 aromatic carbocycles. The molecule has 1 aliphatic carbocycles. The third-order valence-corrected chi connectivity index (χ3v) is 4.01. The molecule has 1 aliphatic rings. The summed E-state index contributed by atoms with van der Waals surface area (Å²) >= 11 is 0. The van der Waals surface area contributed by atoms with Crippen molar-refractivity contribution in [2.45, 2.75) is 51.4 Å². The average molecular weight is 303 g/mol. The van der Waals surface area contributed by atoms with Gasteiger partial charge in [0.05, 0.1) is 0 Å². The van der Waals surface area contributed by atoms with Crippen LogP contribution in [0, 0.1) is 0 Å². The first-order valence-electron chi connectivity index (χ1n) is 8.24. The second-order valence-electron chi connectivity index (χ2n) is 5.79. The molecular weight excluding hydrogens is 278 g/mol. The maximum Gasteiger partial charge on any atom is 0.257 e. The number of fused-ring (bicyclic) bond motifs is 1. The monoisotopic (exact) mass is 303 g/mol. The van der Waals surface area contributed by atoms with Gasteiger partial charge in [0.25, 0.3) is 5.91 Å². The highest BCUT2D eigenvalue weighted by atomic mass is 16.5. The Hall–Kier alpha value is -1.84. The van der Waals surface area contributed by atoms with Crippen molar-refractivity contribution in [2.24, 2.45) is 0 Å². The Morgan fingerprint density at radius 1 is 1.14 bits per heavy atom. The Balaban J connectivity index is 1.57. The van der Waals surface area contributed by atoms with E-state index >= 15 is 0 Å². The molecule has 4 nitrogen and oxygen atoms in total. The van der Waals surface area contributed by atoms with E-state index in [1.54, 1.807) is 0 Å². The molecule has 0 saturated carbocycles. The van der Waals surface area contributed by atoms with Gasteiger partial charge in [0.2, 0.25) is 0 Å². The van der Waals surface area contributed by atoms with E-state index in [9.17, 15) is 9.59 Å². The van der Waals surface area contributed by atoms with Crippen molar-refractivity contribution in [3.05, 3.63) is 29.3 Å². The fraction of sp³-hybridized carbons (Fsp3) is 0.556. The Morgan fingerprint density at radius 3 is 2.82 bits per heavy atom. The zero-order valence-electron chi connectivity index (χ0n) is 13.1. The normalized spacial score (nSPS) is 12.7. The summed E-state index contributed by atoms with van der Waals surface area (Å²) in [5, 5.41) is 2.86. The number of nitrogens with one attached hydrogen (secondary N) is 1. The zero-order valence-corrected chi connectivity index (χ0v) is 13.1. The van der Waals surface area contributed by atoms with Crippen LogP contribution in [-0.4, -0.2) is 25.3 Å². The van der Waals surface area contributed by atoms with Crippen LogP contribution in [0.5, 0.6) is 5.75 Å². The fourth-order valence-corrected chi connectivity index (χ4v) is 2.77. The fourth-order valence-electron chi connectivity index (χ4n) is 2.77. The minimum Gasteiger partial charge on any atom is -0.484 e. The van der Waals surface area contributed by atoms with Crippen molar-refractivity contribution in [2.75, 3.05) is 13.2 Å². The largest absolute Gasteiger partial charge is 0.484 e. The van der Waals surface area contributed by atoms with Gasteiger partial charge in [-0.2, -0.15) is 0 Å². The number of carbonyl (C=O) groups excluding carboxylic acids is 2. The summed E-state index contributed by atoms with van der Waals surface area (Å²) in [7, 11) is 0. The molecule has 0 saturated heterocycles. The second kappa shape index (κ2) is 9.23. The molecule has 4 heteroatoms. The van der Waals surface area contributed by atoms with Gasteiger partial charge in [-0.1, -0.05) is 18.9 Å². The van der Waals surface area contributed by atoms with E-state index in [0.717, 1.165) is 50.6 Å². The average Bonchev–Trinajstić information content (AvgIpc) is 2.99. The summed E-state index contributed by atoms with van der Waals surface area (Å²) in [6, 6.07) is 6.11. The molecule has 0 fully saturated rings. The number of hydrogen-bond donors (Lipinski definition) is 1. The van der Waals surface area contributed by atoms with E-state index in [0.29, 0.717) is 13.0 Å². The number of ether oxygens (including phenoxy) is 1. The van der Waals surface area contributed by atoms with Crippen molar-refractivity contribution in [1.82, 2.24) is 5.32 Å². The molecule has 1 N–H and O–H groups in total. The molecule has 1 amide bonds. The van der Waals surface area contributed by atoms with Crippen LogP contribution in [0.25, 0.3) is 0 Å². The molecule has 0 aliphatic heterocycles. The lowest BCUT2D eigenvalue weighted by atomic mass is 10.1. The molecule has 0 bridgehead atoms. The molecule has 0 aromatic heterocycles. The molecule has 0 heterocycles.